The molecule has 0 aromatic heterocycles. The molecule has 0 saturated carbocycles. The van der Waals surface area contributed by atoms with E-state index in [0.29, 0.717) is 39.1 Å². The zero-order valence-corrected chi connectivity index (χ0v) is 17.6. The highest BCUT2D eigenvalue weighted by atomic mass is 32.2. The van der Waals surface area contributed by atoms with E-state index in [0.717, 1.165) is 5.56 Å². The highest BCUT2D eigenvalue weighted by Gasteiger charge is 2.29. The molecule has 162 valence electrons. The molecule has 2 aliphatic rings. The van der Waals surface area contributed by atoms with Crippen molar-refractivity contribution < 1.29 is 26.4 Å². The first kappa shape index (κ1) is 22.1. The number of nitrogens with two attached hydrogens (primary N) is 1. The van der Waals surface area contributed by atoms with Gasteiger partial charge in [-0.2, -0.15) is 17.0 Å². The van der Waals surface area contributed by atoms with Crippen LogP contribution >= 0.6 is 0 Å². The van der Waals surface area contributed by atoms with E-state index in [2.05, 4.69) is 5.32 Å². The van der Waals surface area contributed by atoms with Crippen molar-refractivity contribution in [2.75, 3.05) is 39.4 Å². The van der Waals surface area contributed by atoms with Crippen molar-refractivity contribution in [3.8, 4) is 0 Å². The standard InChI is InChI=1S/C17H26N4O6S2/c18-29(25,26)21-7-5-15(6-8-21)17(22)19-13-14-1-3-16(4-2-14)28(23,24)20-9-11-27-12-10-20/h1-4,15H,5-13H2,(H,19,22)(H2,18,25,26). The number of piperidine rings is 1. The Bertz CT molecular complexity index is 919. The molecule has 3 rings (SSSR count). The lowest BCUT2D eigenvalue weighted by Gasteiger charge is -2.29. The first-order valence-corrected chi connectivity index (χ1v) is 12.3. The second kappa shape index (κ2) is 9.06. The Labute approximate surface area is 171 Å². The van der Waals surface area contributed by atoms with E-state index in [-0.39, 0.29) is 36.4 Å². The number of rotatable bonds is 6. The van der Waals surface area contributed by atoms with Crippen LogP contribution in [0.2, 0.25) is 0 Å². The minimum atomic E-state index is -3.71. The van der Waals surface area contributed by atoms with Gasteiger partial charge in [-0.1, -0.05) is 12.1 Å². The Kier molecular flexibility index (Phi) is 6.91. The monoisotopic (exact) mass is 446 g/mol. The molecule has 0 atom stereocenters. The van der Waals surface area contributed by atoms with Crippen LogP contribution in [-0.2, 0) is 36.3 Å². The first-order chi connectivity index (χ1) is 13.7. The third-order valence-corrected chi connectivity index (χ3v) is 8.18. The zero-order chi connectivity index (χ0) is 21.1. The van der Waals surface area contributed by atoms with Crippen molar-refractivity contribution in [2.24, 2.45) is 11.1 Å². The lowest BCUT2D eigenvalue weighted by atomic mass is 9.97. The molecule has 2 fully saturated rings. The van der Waals surface area contributed by atoms with Gasteiger partial charge in [0.25, 0.3) is 10.2 Å². The highest BCUT2D eigenvalue weighted by molar-refractivity contribution is 7.89. The van der Waals surface area contributed by atoms with Gasteiger partial charge in [0.05, 0.1) is 18.1 Å². The third kappa shape index (κ3) is 5.53. The molecule has 0 radical (unpaired) electrons. The summed E-state index contributed by atoms with van der Waals surface area (Å²) in [5, 5.41) is 7.93. The van der Waals surface area contributed by atoms with Crippen LogP contribution in [0.3, 0.4) is 0 Å². The largest absolute Gasteiger partial charge is 0.379 e. The SMILES string of the molecule is NS(=O)(=O)N1CCC(C(=O)NCc2ccc(S(=O)(=O)N3CCOCC3)cc2)CC1. The van der Waals surface area contributed by atoms with Crippen LogP contribution in [0.15, 0.2) is 29.2 Å². The van der Waals surface area contributed by atoms with Crippen molar-refractivity contribution in [3.63, 3.8) is 0 Å². The predicted octanol–water partition coefficient (Wildman–Crippen LogP) is -0.761. The topological polar surface area (TPSA) is 139 Å². The fraction of sp³-hybridized carbons (Fsp3) is 0.588. The predicted molar refractivity (Wildman–Crippen MR) is 105 cm³/mol. The Morgan fingerprint density at radius 1 is 1.00 bits per heavy atom. The molecular formula is C17H26N4O6S2. The van der Waals surface area contributed by atoms with E-state index in [4.69, 9.17) is 9.88 Å². The molecule has 0 unspecified atom stereocenters. The number of ether oxygens (including phenoxy) is 1. The van der Waals surface area contributed by atoms with Crippen molar-refractivity contribution in [1.82, 2.24) is 13.9 Å². The molecule has 29 heavy (non-hydrogen) atoms. The number of amides is 1. The maximum Gasteiger partial charge on any atom is 0.276 e. The number of morpholine rings is 1. The number of nitrogens with zero attached hydrogens (tertiary/aromatic N) is 2. The second-order valence-electron chi connectivity index (χ2n) is 7.10. The number of hydrogen-bond acceptors (Lipinski definition) is 6. The zero-order valence-electron chi connectivity index (χ0n) is 16.0. The van der Waals surface area contributed by atoms with Crippen LogP contribution in [0, 0.1) is 5.92 Å². The number of nitrogens with one attached hydrogen (secondary N) is 1. The summed E-state index contributed by atoms with van der Waals surface area (Å²) in [4.78, 5) is 12.5. The highest BCUT2D eigenvalue weighted by Crippen LogP contribution is 2.20. The molecular weight excluding hydrogens is 420 g/mol. The van der Waals surface area contributed by atoms with Gasteiger partial charge in [-0.15, -0.1) is 0 Å². The van der Waals surface area contributed by atoms with E-state index < -0.39 is 20.2 Å². The normalized spacial score (nSPS) is 20.4. The van der Waals surface area contributed by atoms with Gasteiger partial charge in [0.15, 0.2) is 0 Å². The van der Waals surface area contributed by atoms with Gasteiger partial charge in [-0.05, 0) is 30.5 Å². The lowest BCUT2D eigenvalue weighted by Crippen LogP contribution is -2.45. The molecule has 0 bridgehead atoms. The molecule has 3 N–H and O–H groups in total. The minimum absolute atomic E-state index is 0.149. The average molecular weight is 447 g/mol. The summed E-state index contributed by atoms with van der Waals surface area (Å²) >= 11 is 0. The van der Waals surface area contributed by atoms with Crippen LogP contribution in [-0.4, -0.2) is 70.7 Å². The lowest BCUT2D eigenvalue weighted by molar-refractivity contribution is -0.126. The molecule has 2 heterocycles. The van der Waals surface area contributed by atoms with Crippen molar-refractivity contribution >= 4 is 26.1 Å². The van der Waals surface area contributed by atoms with E-state index in [1.165, 1.54) is 20.7 Å². The second-order valence-corrected chi connectivity index (χ2v) is 10.6. The fourth-order valence-corrected chi connectivity index (χ4v) is 5.55. The number of sulfonamides is 1. The van der Waals surface area contributed by atoms with Crippen LogP contribution < -0.4 is 10.5 Å². The van der Waals surface area contributed by atoms with Gasteiger partial charge in [0.2, 0.25) is 15.9 Å². The average Bonchev–Trinajstić information content (AvgIpc) is 2.72. The van der Waals surface area contributed by atoms with Gasteiger partial charge in [-0.25, -0.2) is 13.6 Å². The number of carbonyl (C=O) groups is 1. The fourth-order valence-electron chi connectivity index (χ4n) is 3.42. The molecule has 0 spiro atoms. The molecule has 1 aromatic rings. The van der Waals surface area contributed by atoms with Gasteiger partial charge < -0.3 is 10.1 Å². The molecule has 12 heteroatoms. The van der Waals surface area contributed by atoms with Crippen LogP contribution in [0.4, 0.5) is 0 Å². The quantitative estimate of drug-likeness (QED) is 0.589. The molecule has 1 aromatic carbocycles. The first-order valence-electron chi connectivity index (χ1n) is 9.40. The summed E-state index contributed by atoms with van der Waals surface area (Å²) in [7, 11) is -7.26. The molecule has 0 aliphatic carbocycles. The molecule has 10 nitrogen and oxygen atoms in total. The molecule has 1 amide bonds. The Morgan fingerprint density at radius 2 is 1.59 bits per heavy atom. The summed E-state index contributed by atoms with van der Waals surface area (Å²) in [6.45, 7) is 2.18. The van der Waals surface area contributed by atoms with Crippen LogP contribution in [0.25, 0.3) is 0 Å². The smallest absolute Gasteiger partial charge is 0.276 e. The summed E-state index contributed by atoms with van der Waals surface area (Å²) in [6, 6.07) is 6.43. The van der Waals surface area contributed by atoms with E-state index in [9.17, 15) is 21.6 Å². The maximum absolute atomic E-state index is 12.6. The van der Waals surface area contributed by atoms with Crippen molar-refractivity contribution in [3.05, 3.63) is 29.8 Å². The summed E-state index contributed by atoms with van der Waals surface area (Å²) in [5.74, 6) is -0.418. The Morgan fingerprint density at radius 3 is 2.14 bits per heavy atom. The summed E-state index contributed by atoms with van der Waals surface area (Å²) in [5.41, 5.74) is 0.779. The number of benzene rings is 1. The number of carbonyl (C=O) groups excluding carboxylic acids is 1. The van der Waals surface area contributed by atoms with Crippen LogP contribution in [0.1, 0.15) is 18.4 Å². The van der Waals surface area contributed by atoms with Gasteiger partial charge >= 0.3 is 0 Å². The molecule has 2 aliphatic heterocycles. The maximum atomic E-state index is 12.6. The summed E-state index contributed by atoms with van der Waals surface area (Å²) in [6.07, 6.45) is 0.831. The van der Waals surface area contributed by atoms with Gasteiger partial charge in [-0.3, -0.25) is 4.79 Å². The van der Waals surface area contributed by atoms with Crippen molar-refractivity contribution in [2.45, 2.75) is 24.3 Å². The van der Waals surface area contributed by atoms with Crippen molar-refractivity contribution in [1.29, 1.82) is 0 Å². The Balaban J connectivity index is 1.52. The third-order valence-electron chi connectivity index (χ3n) is 5.18. The van der Waals surface area contributed by atoms with Crippen LogP contribution in [0.5, 0.6) is 0 Å². The minimum Gasteiger partial charge on any atom is -0.379 e. The van der Waals surface area contributed by atoms with E-state index >= 15 is 0 Å². The summed E-state index contributed by atoms with van der Waals surface area (Å²) < 4.78 is 55.6. The van der Waals surface area contributed by atoms with Gasteiger partial charge in [0.1, 0.15) is 0 Å². The van der Waals surface area contributed by atoms with E-state index in [1.807, 2.05) is 0 Å². The van der Waals surface area contributed by atoms with Gasteiger partial charge in [0, 0.05) is 38.6 Å². The number of hydrogen-bond donors (Lipinski definition) is 2. The molecule has 2 saturated heterocycles. The Hall–Kier alpha value is -1.57. The van der Waals surface area contributed by atoms with E-state index in [1.54, 1.807) is 12.1 Å².